The quantitative estimate of drug-likeness (QED) is 0.758. The first kappa shape index (κ1) is 11.7. The third-order valence-corrected chi connectivity index (χ3v) is 2.94. The van der Waals surface area contributed by atoms with Crippen LogP contribution in [0.2, 0.25) is 0 Å². The van der Waals surface area contributed by atoms with Crippen molar-refractivity contribution in [3.63, 3.8) is 0 Å². The Kier molecular flexibility index (Phi) is 3.12. The second-order valence-corrected chi connectivity index (χ2v) is 4.34. The molecule has 3 nitrogen and oxygen atoms in total. The molecule has 15 heavy (non-hydrogen) atoms. The Bertz CT molecular complexity index is 568. The minimum absolute atomic E-state index is 0. The van der Waals surface area contributed by atoms with E-state index < -0.39 is 10.1 Å². The van der Waals surface area contributed by atoms with Gasteiger partial charge in [0.05, 0.1) is 0 Å². The molecule has 80 valence electrons. The Morgan fingerprint density at radius 1 is 0.933 bits per heavy atom. The van der Waals surface area contributed by atoms with Gasteiger partial charge in [0, 0.05) is 5.39 Å². The van der Waals surface area contributed by atoms with Crippen LogP contribution < -0.4 is 0 Å². The Hall–Kier alpha value is -1.39. The molecule has 0 atom stereocenters. The molecule has 0 heterocycles. The van der Waals surface area contributed by atoms with Crippen LogP contribution in [0.25, 0.3) is 10.8 Å². The molecule has 0 aliphatic heterocycles. The highest BCUT2D eigenvalue weighted by molar-refractivity contribution is 7.86. The van der Waals surface area contributed by atoms with Crippen LogP contribution in [0.3, 0.4) is 0 Å². The highest BCUT2D eigenvalue weighted by Crippen LogP contribution is 2.21. The maximum Gasteiger partial charge on any atom is 0.295 e. The SMILES string of the molecule is C.O=S(=O)(O)c1cccc2ccccc12. The molecule has 0 fully saturated rings. The first-order valence-corrected chi connectivity index (χ1v) is 5.48. The number of fused-ring (bicyclic) bond motifs is 1. The molecule has 0 aliphatic carbocycles. The molecular weight excluding hydrogens is 212 g/mol. The number of hydrogen-bond acceptors (Lipinski definition) is 2. The zero-order valence-electron chi connectivity index (χ0n) is 7.21. The summed E-state index contributed by atoms with van der Waals surface area (Å²) in [5.74, 6) is 0. The third kappa shape index (κ3) is 2.16. The minimum atomic E-state index is -4.13. The van der Waals surface area contributed by atoms with Crippen molar-refractivity contribution in [1.82, 2.24) is 0 Å². The van der Waals surface area contributed by atoms with E-state index in [4.69, 9.17) is 4.55 Å². The van der Waals surface area contributed by atoms with Crippen molar-refractivity contribution >= 4 is 20.9 Å². The standard InChI is InChI=1S/C10H8O3S.CH4/c11-14(12,13)10-7-3-5-8-4-1-2-6-9(8)10;/h1-7H,(H,11,12,13);1H4. The van der Waals surface area contributed by atoms with Crippen molar-refractivity contribution in [3.8, 4) is 0 Å². The Labute approximate surface area is 89.1 Å². The second-order valence-electron chi connectivity index (χ2n) is 2.95. The van der Waals surface area contributed by atoms with Gasteiger partial charge in [-0.05, 0) is 11.5 Å². The molecule has 2 rings (SSSR count). The average Bonchev–Trinajstić information content (AvgIpc) is 2.15. The van der Waals surface area contributed by atoms with E-state index in [1.54, 1.807) is 30.3 Å². The van der Waals surface area contributed by atoms with Gasteiger partial charge in [0.15, 0.2) is 0 Å². The van der Waals surface area contributed by atoms with E-state index in [2.05, 4.69) is 0 Å². The van der Waals surface area contributed by atoms with Gasteiger partial charge in [-0.2, -0.15) is 8.42 Å². The molecule has 2 aromatic carbocycles. The van der Waals surface area contributed by atoms with Gasteiger partial charge >= 0.3 is 0 Å². The first-order chi connectivity index (χ1) is 6.59. The summed E-state index contributed by atoms with van der Waals surface area (Å²) in [6, 6.07) is 11.8. The van der Waals surface area contributed by atoms with Gasteiger partial charge < -0.3 is 0 Å². The van der Waals surface area contributed by atoms with Crippen LogP contribution in [0, 0.1) is 0 Å². The highest BCUT2D eigenvalue weighted by Gasteiger charge is 2.12. The summed E-state index contributed by atoms with van der Waals surface area (Å²) in [6.45, 7) is 0. The third-order valence-electron chi connectivity index (χ3n) is 2.03. The molecule has 0 saturated carbocycles. The number of hydrogen-bond donors (Lipinski definition) is 1. The van der Waals surface area contributed by atoms with Gasteiger partial charge in [-0.3, -0.25) is 4.55 Å². The van der Waals surface area contributed by atoms with Crippen LogP contribution in [0.15, 0.2) is 47.4 Å². The summed E-state index contributed by atoms with van der Waals surface area (Å²) < 4.78 is 31.0. The second kappa shape index (κ2) is 4.00. The molecule has 0 bridgehead atoms. The van der Waals surface area contributed by atoms with Crippen LogP contribution >= 0.6 is 0 Å². The summed E-state index contributed by atoms with van der Waals surface area (Å²) in [5, 5.41) is 1.33. The highest BCUT2D eigenvalue weighted by atomic mass is 32.2. The smallest absolute Gasteiger partial charge is 0.282 e. The summed E-state index contributed by atoms with van der Waals surface area (Å²) >= 11 is 0. The number of benzene rings is 2. The van der Waals surface area contributed by atoms with Crippen molar-refractivity contribution in [2.24, 2.45) is 0 Å². The molecule has 1 N–H and O–H groups in total. The van der Waals surface area contributed by atoms with Crippen molar-refractivity contribution in [3.05, 3.63) is 42.5 Å². The van der Waals surface area contributed by atoms with Gasteiger partial charge in [0.25, 0.3) is 10.1 Å². The monoisotopic (exact) mass is 224 g/mol. The minimum Gasteiger partial charge on any atom is -0.282 e. The summed E-state index contributed by atoms with van der Waals surface area (Å²) in [5.41, 5.74) is 0. The van der Waals surface area contributed by atoms with Crippen LogP contribution in [0.4, 0.5) is 0 Å². The van der Waals surface area contributed by atoms with E-state index in [1.165, 1.54) is 6.07 Å². The molecule has 0 radical (unpaired) electrons. The molecule has 0 aromatic heterocycles. The van der Waals surface area contributed by atoms with E-state index in [0.29, 0.717) is 5.39 Å². The molecule has 0 aliphatic rings. The predicted molar refractivity (Wildman–Crippen MR) is 60.5 cm³/mol. The first-order valence-electron chi connectivity index (χ1n) is 4.04. The molecule has 0 unspecified atom stereocenters. The maximum atomic E-state index is 11.0. The van der Waals surface area contributed by atoms with Crippen LogP contribution in [0.1, 0.15) is 7.43 Å². The Morgan fingerprint density at radius 2 is 1.53 bits per heavy atom. The van der Waals surface area contributed by atoms with Crippen LogP contribution in [-0.4, -0.2) is 13.0 Å². The van der Waals surface area contributed by atoms with Crippen LogP contribution in [0.5, 0.6) is 0 Å². The molecule has 0 amide bonds. The lowest BCUT2D eigenvalue weighted by molar-refractivity contribution is 0.484. The van der Waals surface area contributed by atoms with Crippen molar-refractivity contribution in [2.75, 3.05) is 0 Å². The maximum absolute atomic E-state index is 11.0. The largest absolute Gasteiger partial charge is 0.295 e. The number of rotatable bonds is 1. The van der Waals surface area contributed by atoms with Crippen molar-refractivity contribution in [1.29, 1.82) is 0 Å². The molecule has 4 heteroatoms. The Morgan fingerprint density at radius 3 is 2.20 bits per heavy atom. The zero-order valence-corrected chi connectivity index (χ0v) is 8.03. The fourth-order valence-corrected chi connectivity index (χ4v) is 2.13. The lowest BCUT2D eigenvalue weighted by Gasteiger charge is -2.02. The summed E-state index contributed by atoms with van der Waals surface area (Å²) in [7, 11) is -4.13. The molecular formula is C11H12O3S. The van der Waals surface area contributed by atoms with Crippen LogP contribution in [-0.2, 0) is 10.1 Å². The zero-order chi connectivity index (χ0) is 10.2. The Balaban J connectivity index is 0.00000112. The molecule has 0 saturated heterocycles. The molecule has 0 spiro atoms. The van der Waals surface area contributed by atoms with Crippen molar-refractivity contribution < 1.29 is 13.0 Å². The van der Waals surface area contributed by atoms with Gasteiger partial charge in [-0.1, -0.05) is 43.8 Å². The summed E-state index contributed by atoms with van der Waals surface area (Å²) in [6.07, 6.45) is 0. The van der Waals surface area contributed by atoms with Gasteiger partial charge in [-0.15, -0.1) is 0 Å². The molecule has 2 aromatic rings. The average molecular weight is 224 g/mol. The van der Waals surface area contributed by atoms with Gasteiger partial charge in [0.1, 0.15) is 4.90 Å². The lowest BCUT2D eigenvalue weighted by Crippen LogP contribution is -1.98. The normalized spacial score (nSPS) is 11.0. The van der Waals surface area contributed by atoms with E-state index >= 15 is 0 Å². The fourth-order valence-electron chi connectivity index (χ4n) is 1.42. The van der Waals surface area contributed by atoms with E-state index in [-0.39, 0.29) is 12.3 Å². The van der Waals surface area contributed by atoms with Gasteiger partial charge in [0.2, 0.25) is 0 Å². The fraction of sp³-hybridized carbons (Fsp3) is 0.0909. The van der Waals surface area contributed by atoms with E-state index in [0.717, 1.165) is 5.39 Å². The van der Waals surface area contributed by atoms with E-state index in [1.807, 2.05) is 6.07 Å². The van der Waals surface area contributed by atoms with Crippen molar-refractivity contribution in [2.45, 2.75) is 12.3 Å². The lowest BCUT2D eigenvalue weighted by atomic mass is 10.1. The predicted octanol–water partition coefficient (Wildman–Crippen LogP) is 2.72. The van der Waals surface area contributed by atoms with E-state index in [9.17, 15) is 8.42 Å². The van der Waals surface area contributed by atoms with Gasteiger partial charge in [-0.25, -0.2) is 0 Å². The topological polar surface area (TPSA) is 54.4 Å². The summed E-state index contributed by atoms with van der Waals surface area (Å²) in [4.78, 5) is -0.0457.